The summed E-state index contributed by atoms with van der Waals surface area (Å²) in [4.78, 5) is 16.6. The van der Waals surface area contributed by atoms with Crippen molar-refractivity contribution < 1.29 is 22.4 Å². The highest BCUT2D eigenvalue weighted by molar-refractivity contribution is 7.99. The topological polar surface area (TPSA) is 111 Å². The maximum atomic E-state index is 12.8. The molecule has 2 aromatic carbocycles. The molecular weight excluding hydrogens is 450 g/mol. The number of amides is 1. The van der Waals surface area contributed by atoms with Crippen LogP contribution < -0.4 is 14.8 Å². The highest BCUT2D eigenvalue weighted by Gasteiger charge is 2.19. The van der Waals surface area contributed by atoms with Crippen LogP contribution in [0, 0.1) is 0 Å². The molecule has 1 aromatic heterocycles. The van der Waals surface area contributed by atoms with E-state index in [0.29, 0.717) is 27.8 Å². The summed E-state index contributed by atoms with van der Waals surface area (Å²) in [6.45, 7) is 0. The normalized spacial score (nSPS) is 14.9. The molecule has 32 heavy (non-hydrogen) atoms. The van der Waals surface area contributed by atoms with E-state index in [9.17, 15) is 13.2 Å². The van der Waals surface area contributed by atoms with Crippen molar-refractivity contribution in [2.75, 3.05) is 17.6 Å². The average molecular weight is 476 g/mol. The van der Waals surface area contributed by atoms with Crippen LogP contribution in [-0.4, -0.2) is 38.2 Å². The van der Waals surface area contributed by atoms with Crippen LogP contribution in [0.3, 0.4) is 0 Å². The van der Waals surface area contributed by atoms with Crippen molar-refractivity contribution >= 4 is 44.5 Å². The molecule has 0 bridgehead atoms. The fourth-order valence-electron chi connectivity index (χ4n) is 3.63. The van der Waals surface area contributed by atoms with Gasteiger partial charge in [0.1, 0.15) is 11.3 Å². The number of methoxy groups -OCH3 is 1. The van der Waals surface area contributed by atoms with E-state index in [-0.39, 0.29) is 22.6 Å². The number of oxazole rings is 1. The van der Waals surface area contributed by atoms with Crippen molar-refractivity contribution in [1.29, 1.82) is 0 Å². The van der Waals surface area contributed by atoms with Crippen LogP contribution in [0.5, 0.6) is 5.75 Å². The summed E-state index contributed by atoms with van der Waals surface area (Å²) in [7, 11) is -2.26. The van der Waals surface area contributed by atoms with Crippen molar-refractivity contribution in [3.05, 3.63) is 42.5 Å². The molecule has 3 aromatic rings. The molecule has 8 nitrogen and oxygen atoms in total. The first-order chi connectivity index (χ1) is 15.4. The van der Waals surface area contributed by atoms with Gasteiger partial charge in [0.05, 0.1) is 17.8 Å². The van der Waals surface area contributed by atoms with E-state index >= 15 is 0 Å². The Morgan fingerprint density at radius 1 is 1.16 bits per heavy atom. The Balaban J connectivity index is 1.40. The maximum Gasteiger partial charge on any atom is 0.261 e. The number of hydrogen-bond donors (Lipinski definition) is 2. The second kappa shape index (κ2) is 9.83. The highest BCUT2D eigenvalue weighted by Crippen LogP contribution is 2.27. The zero-order valence-corrected chi connectivity index (χ0v) is 19.3. The minimum absolute atomic E-state index is 0.0453. The first kappa shape index (κ1) is 22.5. The molecule has 170 valence electrons. The van der Waals surface area contributed by atoms with Crippen LogP contribution >= 0.6 is 11.8 Å². The molecule has 0 atom stereocenters. The van der Waals surface area contributed by atoms with Gasteiger partial charge in [-0.2, -0.15) is 0 Å². The van der Waals surface area contributed by atoms with Crippen molar-refractivity contribution in [3.8, 4) is 5.75 Å². The molecule has 1 saturated carbocycles. The third-order valence-corrected chi connectivity index (χ3v) is 7.50. The number of nitrogens with zero attached hydrogens (tertiary/aromatic N) is 1. The molecule has 0 aliphatic heterocycles. The lowest BCUT2D eigenvalue weighted by molar-refractivity contribution is -0.119. The van der Waals surface area contributed by atoms with Crippen molar-refractivity contribution in [3.63, 3.8) is 0 Å². The zero-order valence-electron chi connectivity index (χ0n) is 17.7. The maximum absolute atomic E-state index is 12.8. The first-order valence-electron chi connectivity index (χ1n) is 10.4. The molecule has 2 N–H and O–H groups in total. The van der Waals surface area contributed by atoms with Gasteiger partial charge in [-0.1, -0.05) is 31.0 Å². The number of carbonyl (C=O) groups is 1. The number of anilines is 1. The Labute approximate surface area is 191 Å². The van der Waals surface area contributed by atoms with Gasteiger partial charge in [0.15, 0.2) is 5.58 Å². The molecule has 1 fully saturated rings. The molecule has 1 amide bonds. The largest absolute Gasteiger partial charge is 0.497 e. The van der Waals surface area contributed by atoms with E-state index < -0.39 is 10.0 Å². The SMILES string of the molecule is COc1ccc(NS(=O)(=O)c2ccc3oc(SCC(=O)NC4CCCCC4)nc3c2)cc1. The van der Waals surface area contributed by atoms with Gasteiger partial charge in [0, 0.05) is 11.7 Å². The molecular formula is C22H25N3O5S2. The molecule has 10 heteroatoms. The number of aromatic nitrogens is 1. The molecule has 0 saturated heterocycles. The van der Waals surface area contributed by atoms with E-state index in [1.165, 1.54) is 30.3 Å². The number of rotatable bonds is 8. The third-order valence-electron chi connectivity index (χ3n) is 5.29. The molecule has 1 aliphatic carbocycles. The van der Waals surface area contributed by atoms with E-state index in [0.717, 1.165) is 25.7 Å². The predicted molar refractivity (Wildman–Crippen MR) is 124 cm³/mol. The lowest BCUT2D eigenvalue weighted by Crippen LogP contribution is -2.37. The molecule has 1 heterocycles. The number of sulfonamides is 1. The number of hydrogen-bond acceptors (Lipinski definition) is 7. The Kier molecular flexibility index (Phi) is 6.90. The molecule has 0 unspecified atom stereocenters. The highest BCUT2D eigenvalue weighted by atomic mass is 32.2. The van der Waals surface area contributed by atoms with Crippen molar-refractivity contribution in [2.45, 2.75) is 48.3 Å². The quantitative estimate of drug-likeness (QED) is 0.470. The van der Waals surface area contributed by atoms with E-state index in [1.807, 2.05) is 0 Å². The second-order valence-electron chi connectivity index (χ2n) is 7.63. The number of benzene rings is 2. The Bertz CT molecular complexity index is 1190. The Morgan fingerprint density at radius 3 is 2.62 bits per heavy atom. The number of ether oxygens (including phenoxy) is 1. The molecule has 0 spiro atoms. The third kappa shape index (κ3) is 5.55. The van der Waals surface area contributed by atoms with Gasteiger partial charge >= 0.3 is 0 Å². The summed E-state index contributed by atoms with van der Waals surface area (Å²) in [6.07, 6.45) is 5.60. The van der Waals surface area contributed by atoms with Crippen LogP contribution in [0.25, 0.3) is 11.1 Å². The first-order valence-corrected chi connectivity index (χ1v) is 12.9. The number of carbonyl (C=O) groups excluding carboxylic acids is 1. The van der Waals surface area contributed by atoms with Gasteiger partial charge in [-0.3, -0.25) is 9.52 Å². The van der Waals surface area contributed by atoms with Crippen LogP contribution in [0.4, 0.5) is 5.69 Å². The molecule has 1 aliphatic rings. The lowest BCUT2D eigenvalue weighted by Gasteiger charge is -2.22. The fourth-order valence-corrected chi connectivity index (χ4v) is 5.36. The summed E-state index contributed by atoms with van der Waals surface area (Å²) in [5, 5.41) is 3.39. The smallest absolute Gasteiger partial charge is 0.261 e. The van der Waals surface area contributed by atoms with Gasteiger partial charge in [-0.15, -0.1) is 0 Å². The van der Waals surface area contributed by atoms with Crippen molar-refractivity contribution in [1.82, 2.24) is 10.3 Å². The summed E-state index contributed by atoms with van der Waals surface area (Å²) in [5.74, 6) is 0.790. The van der Waals surface area contributed by atoms with Crippen molar-refractivity contribution in [2.24, 2.45) is 0 Å². The van der Waals surface area contributed by atoms with E-state index in [1.54, 1.807) is 37.4 Å². The van der Waals surface area contributed by atoms with Gasteiger partial charge in [0.25, 0.3) is 15.2 Å². The summed E-state index contributed by atoms with van der Waals surface area (Å²) in [6, 6.07) is 11.3. The fraction of sp³-hybridized carbons (Fsp3) is 0.364. The van der Waals surface area contributed by atoms with Crippen LogP contribution in [-0.2, 0) is 14.8 Å². The van der Waals surface area contributed by atoms with Crippen LogP contribution in [0.2, 0.25) is 0 Å². The van der Waals surface area contributed by atoms with Crippen LogP contribution in [0.1, 0.15) is 32.1 Å². The molecule has 0 radical (unpaired) electrons. The summed E-state index contributed by atoms with van der Waals surface area (Å²) < 4.78 is 38.8. The van der Waals surface area contributed by atoms with Crippen LogP contribution in [0.15, 0.2) is 57.0 Å². The summed E-state index contributed by atoms with van der Waals surface area (Å²) in [5.41, 5.74) is 1.30. The minimum atomic E-state index is -3.80. The monoisotopic (exact) mass is 475 g/mol. The Hall–Kier alpha value is -2.72. The molecule has 4 rings (SSSR count). The zero-order chi connectivity index (χ0) is 22.6. The second-order valence-corrected chi connectivity index (χ2v) is 10.2. The van der Waals surface area contributed by atoms with Gasteiger partial charge in [-0.05, 0) is 55.3 Å². The lowest BCUT2D eigenvalue weighted by atomic mass is 9.95. The number of fused-ring (bicyclic) bond motifs is 1. The van der Waals surface area contributed by atoms with Gasteiger partial charge in [0.2, 0.25) is 5.91 Å². The predicted octanol–water partition coefficient (Wildman–Crippen LogP) is 4.18. The van der Waals surface area contributed by atoms with E-state index in [2.05, 4.69) is 15.0 Å². The van der Waals surface area contributed by atoms with E-state index in [4.69, 9.17) is 9.15 Å². The van der Waals surface area contributed by atoms with Gasteiger partial charge in [-0.25, -0.2) is 13.4 Å². The Morgan fingerprint density at radius 2 is 1.91 bits per heavy atom. The minimum Gasteiger partial charge on any atom is -0.497 e. The average Bonchev–Trinajstić information content (AvgIpc) is 3.21. The number of thioether (sulfide) groups is 1. The summed E-state index contributed by atoms with van der Waals surface area (Å²) >= 11 is 1.20. The number of nitrogens with one attached hydrogen (secondary N) is 2. The van der Waals surface area contributed by atoms with Gasteiger partial charge < -0.3 is 14.5 Å². The standard InChI is InChI=1S/C22H25N3O5S2/c1-29-17-9-7-16(8-10-17)25-32(27,28)18-11-12-20-19(13-18)24-22(30-20)31-14-21(26)23-15-5-3-2-4-6-15/h7-13,15,25H,2-6,14H2,1H3,(H,23,26).